The number of aliphatic imine (C=N–C) groups is 1. The summed E-state index contributed by atoms with van der Waals surface area (Å²) in [6, 6.07) is 11.2. The van der Waals surface area contributed by atoms with E-state index in [9.17, 15) is 10.1 Å². The van der Waals surface area contributed by atoms with E-state index in [1.165, 1.54) is 36.4 Å². The highest BCUT2D eigenvalue weighted by atomic mass is 16.7. The number of nitrogens with zero attached hydrogens (tertiary/aromatic N) is 2. The Morgan fingerprint density at radius 1 is 1.30 bits per heavy atom. The van der Waals surface area contributed by atoms with Gasteiger partial charge in [-0.3, -0.25) is 4.90 Å². The Bertz CT molecular complexity index is 556. The molecule has 8 heteroatoms. The lowest BCUT2D eigenvalue weighted by atomic mass is 10.0. The van der Waals surface area contributed by atoms with Gasteiger partial charge in [0.05, 0.1) is 13.1 Å². The fourth-order valence-corrected chi connectivity index (χ4v) is 3.42. The SMILES string of the molecule is O=[N+]([O-])NC1=NC[NH+](C2CC[NH+](Cc3ccccc3)CC2)CN1. The smallest absolute Gasteiger partial charge is 0.263 e. The first-order chi connectivity index (χ1) is 11.2. The van der Waals surface area contributed by atoms with Gasteiger partial charge >= 0.3 is 0 Å². The molecule has 2 aliphatic rings. The molecule has 0 bridgehead atoms. The molecule has 0 spiro atoms. The van der Waals surface area contributed by atoms with Crippen molar-refractivity contribution in [3.63, 3.8) is 0 Å². The summed E-state index contributed by atoms with van der Waals surface area (Å²) in [6.45, 7) is 4.73. The molecule has 4 N–H and O–H groups in total. The maximum Gasteiger partial charge on any atom is 0.263 e. The lowest BCUT2D eigenvalue weighted by Crippen LogP contribution is -3.21. The zero-order valence-electron chi connectivity index (χ0n) is 13.1. The van der Waals surface area contributed by atoms with Crippen molar-refractivity contribution in [2.45, 2.75) is 25.4 Å². The van der Waals surface area contributed by atoms with Crippen LogP contribution < -0.4 is 20.5 Å². The van der Waals surface area contributed by atoms with Gasteiger partial charge in [0.15, 0.2) is 18.4 Å². The summed E-state index contributed by atoms with van der Waals surface area (Å²) in [7, 11) is 0. The van der Waals surface area contributed by atoms with Crippen LogP contribution in [0.2, 0.25) is 0 Å². The van der Waals surface area contributed by atoms with Crippen molar-refractivity contribution in [3.8, 4) is 0 Å². The van der Waals surface area contributed by atoms with Gasteiger partial charge in [-0.2, -0.15) is 4.99 Å². The number of guanidine groups is 1. The molecule has 0 amide bonds. The number of quaternary nitrogens is 2. The second-order valence-electron chi connectivity index (χ2n) is 6.23. The summed E-state index contributed by atoms with van der Waals surface area (Å²) >= 11 is 0. The topological polar surface area (TPSA) is 88.4 Å². The molecule has 1 aromatic carbocycles. The third kappa shape index (κ3) is 4.40. The van der Waals surface area contributed by atoms with E-state index in [1.54, 1.807) is 4.90 Å². The van der Waals surface area contributed by atoms with Crippen LogP contribution >= 0.6 is 0 Å². The van der Waals surface area contributed by atoms with Crippen LogP contribution in [0.4, 0.5) is 0 Å². The highest BCUT2D eigenvalue weighted by Crippen LogP contribution is 1.99. The molecule has 1 atom stereocenters. The average Bonchev–Trinajstić information content (AvgIpc) is 2.57. The fraction of sp³-hybridized carbons (Fsp3) is 0.533. The van der Waals surface area contributed by atoms with Crippen molar-refractivity contribution in [1.29, 1.82) is 0 Å². The standard InChI is InChI=1S/C15H22N6O2/c22-21(23)18-15-16-11-20(12-17-15)14-6-8-19(9-7-14)10-13-4-2-1-3-5-13/h1-5,14H,6-12H2,(H2,16,17,18)/p+2. The molecular weight excluding hydrogens is 296 g/mol. The van der Waals surface area contributed by atoms with E-state index in [1.807, 2.05) is 0 Å². The Hall–Kier alpha value is -2.19. The van der Waals surface area contributed by atoms with Crippen LogP contribution in [0.25, 0.3) is 0 Å². The predicted molar refractivity (Wildman–Crippen MR) is 85.3 cm³/mol. The van der Waals surface area contributed by atoms with Crippen LogP contribution in [-0.2, 0) is 6.54 Å². The van der Waals surface area contributed by atoms with E-state index in [4.69, 9.17) is 0 Å². The molecule has 1 unspecified atom stereocenters. The normalized spacial score (nSPS) is 27.7. The van der Waals surface area contributed by atoms with Gasteiger partial charge in [-0.25, -0.2) is 10.1 Å². The number of benzene rings is 1. The lowest BCUT2D eigenvalue weighted by molar-refractivity contribution is -0.964. The van der Waals surface area contributed by atoms with Gasteiger partial charge in [-0.05, 0) is 0 Å². The van der Waals surface area contributed by atoms with Crippen molar-refractivity contribution in [3.05, 3.63) is 46.0 Å². The van der Waals surface area contributed by atoms with Crippen LogP contribution in [0.5, 0.6) is 0 Å². The molecule has 0 saturated carbocycles. The number of rotatable bonds is 4. The maximum absolute atomic E-state index is 10.4. The van der Waals surface area contributed by atoms with Crippen LogP contribution in [0.3, 0.4) is 0 Å². The molecular formula is C15H24N6O2+2. The minimum absolute atomic E-state index is 0.269. The zero-order chi connectivity index (χ0) is 16.1. The first-order valence-corrected chi connectivity index (χ1v) is 8.12. The van der Waals surface area contributed by atoms with Crippen molar-refractivity contribution in [1.82, 2.24) is 10.7 Å². The van der Waals surface area contributed by atoms with Crippen molar-refractivity contribution in [2.75, 3.05) is 26.4 Å². The Kier molecular flexibility index (Phi) is 5.04. The highest BCUT2D eigenvalue weighted by molar-refractivity contribution is 5.78. The monoisotopic (exact) mass is 320 g/mol. The Morgan fingerprint density at radius 2 is 2.04 bits per heavy atom. The van der Waals surface area contributed by atoms with E-state index in [-0.39, 0.29) is 5.96 Å². The van der Waals surface area contributed by atoms with Crippen molar-refractivity contribution in [2.24, 2.45) is 4.99 Å². The molecule has 8 nitrogen and oxygen atoms in total. The fourth-order valence-electron chi connectivity index (χ4n) is 3.42. The lowest BCUT2D eigenvalue weighted by Gasteiger charge is -2.35. The predicted octanol–water partition coefficient (Wildman–Crippen LogP) is -2.23. The molecule has 23 heavy (non-hydrogen) atoms. The minimum atomic E-state index is -0.581. The molecule has 2 aliphatic heterocycles. The second kappa shape index (κ2) is 7.38. The quantitative estimate of drug-likeness (QED) is 0.374. The third-order valence-corrected chi connectivity index (χ3v) is 4.69. The van der Waals surface area contributed by atoms with Gasteiger partial charge in [0.1, 0.15) is 12.6 Å². The number of nitrogens with one attached hydrogen (secondary N) is 4. The second-order valence-corrected chi connectivity index (χ2v) is 6.23. The van der Waals surface area contributed by atoms with Crippen molar-refractivity contribution >= 4 is 5.96 Å². The summed E-state index contributed by atoms with van der Waals surface area (Å²) in [5.41, 5.74) is 3.48. The number of likely N-dealkylation sites (tertiary alicyclic amines) is 1. The summed E-state index contributed by atoms with van der Waals surface area (Å²) in [6.07, 6.45) is 2.35. The van der Waals surface area contributed by atoms with Crippen molar-refractivity contribution < 1.29 is 14.8 Å². The number of hydrazine groups is 1. The zero-order valence-corrected chi connectivity index (χ0v) is 13.1. The molecule has 124 valence electrons. The molecule has 0 aromatic heterocycles. The van der Waals surface area contributed by atoms with Gasteiger partial charge in [-0.15, -0.1) is 0 Å². The van der Waals surface area contributed by atoms with Gasteiger partial charge in [0.2, 0.25) is 0 Å². The Balaban J connectivity index is 1.44. The van der Waals surface area contributed by atoms with E-state index >= 15 is 0 Å². The Labute approximate surface area is 135 Å². The molecule has 1 fully saturated rings. The van der Waals surface area contributed by atoms with E-state index < -0.39 is 5.03 Å². The molecule has 3 rings (SSSR count). The Morgan fingerprint density at radius 3 is 2.65 bits per heavy atom. The van der Waals surface area contributed by atoms with Crippen LogP contribution in [0, 0.1) is 10.1 Å². The van der Waals surface area contributed by atoms with E-state index in [0.717, 1.165) is 6.54 Å². The third-order valence-electron chi connectivity index (χ3n) is 4.69. The van der Waals surface area contributed by atoms with Crippen LogP contribution in [0.15, 0.2) is 35.3 Å². The van der Waals surface area contributed by atoms with Crippen LogP contribution in [0.1, 0.15) is 18.4 Å². The first-order valence-electron chi connectivity index (χ1n) is 8.12. The van der Waals surface area contributed by atoms with E-state index in [2.05, 4.69) is 46.1 Å². The number of hydrogen-bond acceptors (Lipinski definition) is 4. The summed E-state index contributed by atoms with van der Waals surface area (Å²) in [4.78, 5) is 17.6. The molecule has 1 aromatic rings. The summed E-state index contributed by atoms with van der Waals surface area (Å²) < 4.78 is 0. The minimum Gasteiger partial charge on any atom is -0.331 e. The number of hydrogen-bond donors (Lipinski definition) is 4. The first kappa shape index (κ1) is 15.7. The van der Waals surface area contributed by atoms with Gasteiger partial charge < -0.3 is 10.2 Å². The summed E-state index contributed by atoms with van der Waals surface area (Å²) in [5, 5.41) is 12.8. The van der Waals surface area contributed by atoms with Crippen LogP contribution in [-0.4, -0.2) is 43.5 Å². The maximum atomic E-state index is 10.4. The average molecular weight is 320 g/mol. The van der Waals surface area contributed by atoms with E-state index in [0.29, 0.717) is 19.4 Å². The number of nitro groups is 1. The highest BCUT2D eigenvalue weighted by Gasteiger charge is 2.31. The van der Waals surface area contributed by atoms with Gasteiger partial charge in [-0.1, -0.05) is 35.8 Å². The van der Waals surface area contributed by atoms with Gasteiger partial charge in [0, 0.05) is 18.4 Å². The largest absolute Gasteiger partial charge is 0.331 e. The molecule has 1 saturated heterocycles. The number of piperidine rings is 1. The molecule has 2 heterocycles. The summed E-state index contributed by atoms with van der Waals surface area (Å²) in [5.74, 6) is 0.269. The van der Waals surface area contributed by atoms with Gasteiger partial charge in [0.25, 0.3) is 5.96 Å². The molecule has 0 radical (unpaired) electrons. The molecule has 0 aliphatic carbocycles.